The maximum Gasteiger partial charge on any atom is 0.266 e. The fraction of sp³-hybridized carbons (Fsp3) is 0.130. The predicted molar refractivity (Wildman–Crippen MR) is 110 cm³/mol. The first kappa shape index (κ1) is 17.9. The van der Waals surface area contributed by atoms with E-state index in [4.69, 9.17) is 16.4 Å². The van der Waals surface area contributed by atoms with Crippen molar-refractivity contribution in [2.45, 2.75) is 12.1 Å². The van der Waals surface area contributed by atoms with Crippen LogP contribution in [0, 0.1) is 5.92 Å². The van der Waals surface area contributed by atoms with Gasteiger partial charge in [0.15, 0.2) is 6.10 Å². The summed E-state index contributed by atoms with van der Waals surface area (Å²) in [6.07, 6.45) is -0.883. The summed E-state index contributed by atoms with van der Waals surface area (Å²) in [6, 6.07) is 25.5. The van der Waals surface area contributed by atoms with Gasteiger partial charge in [-0.2, -0.15) is 0 Å². The second-order valence-electron chi connectivity index (χ2n) is 7.06. The number of hydrogen-bond acceptors (Lipinski definition) is 4. The number of hydroxylamine groups is 1. The molecule has 2 aliphatic heterocycles. The fourth-order valence-corrected chi connectivity index (χ4v) is 4.26. The van der Waals surface area contributed by atoms with E-state index in [1.54, 1.807) is 29.3 Å². The predicted octanol–water partition coefficient (Wildman–Crippen LogP) is 4.39. The minimum Gasteiger partial charge on any atom is -0.273 e. The molecule has 29 heavy (non-hydrogen) atoms. The van der Waals surface area contributed by atoms with Gasteiger partial charge in [0.05, 0.1) is 17.4 Å². The van der Waals surface area contributed by atoms with Gasteiger partial charge in [-0.1, -0.05) is 66.2 Å². The third-order valence-electron chi connectivity index (χ3n) is 5.33. The van der Waals surface area contributed by atoms with Crippen LogP contribution in [0.2, 0.25) is 5.02 Å². The van der Waals surface area contributed by atoms with E-state index in [1.165, 1.54) is 4.90 Å². The molecule has 2 amide bonds. The van der Waals surface area contributed by atoms with Gasteiger partial charge in [0.2, 0.25) is 5.91 Å². The van der Waals surface area contributed by atoms with Crippen LogP contribution < -0.4 is 9.96 Å². The number of anilines is 2. The van der Waals surface area contributed by atoms with E-state index in [-0.39, 0.29) is 11.8 Å². The molecule has 3 aromatic carbocycles. The summed E-state index contributed by atoms with van der Waals surface area (Å²) >= 11 is 6.08. The molecule has 2 heterocycles. The second-order valence-corrected chi connectivity index (χ2v) is 7.50. The van der Waals surface area contributed by atoms with Crippen molar-refractivity contribution in [3.05, 3.63) is 95.5 Å². The molecule has 5 rings (SSSR count). The van der Waals surface area contributed by atoms with Crippen LogP contribution in [-0.4, -0.2) is 17.9 Å². The van der Waals surface area contributed by atoms with Gasteiger partial charge in [0.25, 0.3) is 5.91 Å². The molecule has 0 spiro atoms. The van der Waals surface area contributed by atoms with E-state index in [0.29, 0.717) is 10.7 Å². The first-order chi connectivity index (χ1) is 14.1. The normalized spacial score (nSPS) is 23.6. The summed E-state index contributed by atoms with van der Waals surface area (Å²) in [7, 11) is 0. The summed E-state index contributed by atoms with van der Waals surface area (Å²) in [5.41, 5.74) is 2.17. The Kier molecular flexibility index (Phi) is 4.34. The second kappa shape index (κ2) is 7.03. The molecule has 0 radical (unpaired) electrons. The van der Waals surface area contributed by atoms with Gasteiger partial charge in [-0.15, -0.1) is 0 Å². The zero-order valence-corrected chi connectivity index (χ0v) is 16.1. The van der Waals surface area contributed by atoms with E-state index in [1.807, 2.05) is 60.7 Å². The van der Waals surface area contributed by atoms with Crippen LogP contribution in [0.25, 0.3) is 0 Å². The van der Waals surface area contributed by atoms with Crippen LogP contribution in [0.15, 0.2) is 84.9 Å². The number of carbonyl (C=O) groups is 2. The Hall–Kier alpha value is -3.15. The fourth-order valence-electron chi connectivity index (χ4n) is 4.07. The lowest BCUT2D eigenvalue weighted by molar-refractivity contribution is -0.126. The minimum atomic E-state index is -0.883. The number of amides is 2. The smallest absolute Gasteiger partial charge is 0.266 e. The molecular formula is C23H17ClN2O3. The first-order valence-corrected chi connectivity index (χ1v) is 9.72. The van der Waals surface area contributed by atoms with Gasteiger partial charge in [0.1, 0.15) is 5.92 Å². The average molecular weight is 405 g/mol. The highest BCUT2D eigenvalue weighted by molar-refractivity contribution is 6.31. The maximum absolute atomic E-state index is 13.4. The Balaban J connectivity index is 1.59. The lowest BCUT2D eigenvalue weighted by atomic mass is 9.90. The lowest BCUT2D eigenvalue weighted by Gasteiger charge is -2.28. The molecular weight excluding hydrogens is 388 g/mol. The number of carbonyl (C=O) groups excluding carboxylic acids is 2. The number of halogens is 1. The van der Waals surface area contributed by atoms with Crippen molar-refractivity contribution in [3.8, 4) is 0 Å². The van der Waals surface area contributed by atoms with Gasteiger partial charge < -0.3 is 0 Å². The standard InChI is InChI=1S/C23H17ClN2O3/c24-16-10-7-13-18(14-16)25-22(27)19-20(15-8-3-1-4-9-15)26(29-21(19)23(25)28)17-11-5-2-6-12-17/h1-14,19-21H/t19-,20+,21-/m1/s1. The molecule has 0 aromatic heterocycles. The van der Waals surface area contributed by atoms with Crippen LogP contribution in [0.4, 0.5) is 11.4 Å². The Morgan fingerprint density at radius 3 is 2.10 bits per heavy atom. The molecule has 3 atom stereocenters. The third-order valence-corrected chi connectivity index (χ3v) is 5.57. The first-order valence-electron chi connectivity index (χ1n) is 9.34. The van der Waals surface area contributed by atoms with Crippen molar-refractivity contribution < 1.29 is 14.4 Å². The Bertz CT molecular complexity index is 1070. The summed E-state index contributed by atoms with van der Waals surface area (Å²) in [4.78, 5) is 33.9. The number of fused-ring (bicyclic) bond motifs is 1. The van der Waals surface area contributed by atoms with Crippen LogP contribution in [0.5, 0.6) is 0 Å². The molecule has 0 aliphatic carbocycles. The van der Waals surface area contributed by atoms with Crippen molar-refractivity contribution in [2.75, 3.05) is 9.96 Å². The van der Waals surface area contributed by atoms with E-state index in [2.05, 4.69) is 0 Å². The summed E-state index contributed by atoms with van der Waals surface area (Å²) in [5.74, 6) is -1.31. The molecule has 2 aliphatic rings. The third kappa shape index (κ3) is 2.90. The number of benzene rings is 3. The number of rotatable bonds is 3. The number of para-hydroxylation sites is 1. The molecule has 0 bridgehead atoms. The molecule has 5 nitrogen and oxygen atoms in total. The van der Waals surface area contributed by atoms with Gasteiger partial charge in [0, 0.05) is 5.02 Å². The molecule has 3 aromatic rings. The average Bonchev–Trinajstić information content (AvgIpc) is 3.26. The van der Waals surface area contributed by atoms with Crippen molar-refractivity contribution in [1.82, 2.24) is 0 Å². The van der Waals surface area contributed by atoms with E-state index >= 15 is 0 Å². The molecule has 0 saturated carbocycles. The van der Waals surface area contributed by atoms with Gasteiger partial charge >= 0.3 is 0 Å². The zero-order valence-electron chi connectivity index (χ0n) is 15.3. The van der Waals surface area contributed by atoms with Crippen molar-refractivity contribution >= 4 is 34.8 Å². The summed E-state index contributed by atoms with van der Waals surface area (Å²) < 4.78 is 0. The molecule has 144 valence electrons. The van der Waals surface area contributed by atoms with Crippen molar-refractivity contribution in [2.24, 2.45) is 5.92 Å². The quantitative estimate of drug-likeness (QED) is 0.607. The number of nitrogens with zero attached hydrogens (tertiary/aromatic N) is 2. The largest absolute Gasteiger partial charge is 0.273 e. The van der Waals surface area contributed by atoms with E-state index < -0.39 is 18.1 Å². The Labute approximate surface area is 173 Å². The monoisotopic (exact) mass is 404 g/mol. The highest BCUT2D eigenvalue weighted by atomic mass is 35.5. The minimum absolute atomic E-state index is 0.283. The van der Waals surface area contributed by atoms with Crippen molar-refractivity contribution in [3.63, 3.8) is 0 Å². The SMILES string of the molecule is O=C1[C@H]2[C@@H](ON(c3ccccc3)[C@H]2c2ccccc2)C(=O)N1c1cccc(Cl)c1. The Morgan fingerprint density at radius 1 is 0.759 bits per heavy atom. The van der Waals surface area contributed by atoms with Crippen LogP contribution >= 0.6 is 11.6 Å². The maximum atomic E-state index is 13.4. The summed E-state index contributed by atoms with van der Waals surface area (Å²) in [5, 5.41) is 2.15. The topological polar surface area (TPSA) is 49.9 Å². The highest BCUT2D eigenvalue weighted by Gasteiger charge is 2.60. The van der Waals surface area contributed by atoms with Crippen LogP contribution in [-0.2, 0) is 14.4 Å². The highest BCUT2D eigenvalue weighted by Crippen LogP contribution is 2.47. The summed E-state index contributed by atoms with van der Waals surface area (Å²) in [6.45, 7) is 0. The molecule has 0 N–H and O–H groups in total. The van der Waals surface area contributed by atoms with Gasteiger partial charge in [-0.05, 0) is 35.9 Å². The lowest BCUT2D eigenvalue weighted by Crippen LogP contribution is -2.37. The van der Waals surface area contributed by atoms with Crippen LogP contribution in [0.3, 0.4) is 0 Å². The van der Waals surface area contributed by atoms with E-state index in [9.17, 15) is 9.59 Å². The number of imide groups is 1. The van der Waals surface area contributed by atoms with Gasteiger partial charge in [-0.3, -0.25) is 14.4 Å². The van der Waals surface area contributed by atoms with Crippen molar-refractivity contribution in [1.29, 1.82) is 0 Å². The molecule has 6 heteroatoms. The van der Waals surface area contributed by atoms with Gasteiger partial charge in [-0.25, -0.2) is 9.96 Å². The van der Waals surface area contributed by atoms with E-state index in [0.717, 1.165) is 11.3 Å². The molecule has 0 unspecified atom stereocenters. The molecule has 2 saturated heterocycles. The van der Waals surface area contributed by atoms with Crippen LogP contribution in [0.1, 0.15) is 11.6 Å². The Morgan fingerprint density at radius 2 is 1.41 bits per heavy atom. The molecule has 2 fully saturated rings. The number of hydrogen-bond donors (Lipinski definition) is 0. The zero-order chi connectivity index (χ0) is 20.0.